The zero-order valence-electron chi connectivity index (χ0n) is 9.00. The third kappa shape index (κ3) is 8.88. The molecule has 0 aromatic heterocycles. The zero-order valence-corrected chi connectivity index (χ0v) is 9.00. The summed E-state index contributed by atoms with van der Waals surface area (Å²) in [4.78, 5) is 30.8. The van der Waals surface area contributed by atoms with Crippen molar-refractivity contribution in [1.82, 2.24) is 10.2 Å². The summed E-state index contributed by atoms with van der Waals surface area (Å²) in [7, 11) is 0. The molecule has 8 nitrogen and oxygen atoms in total. The van der Waals surface area contributed by atoms with E-state index in [9.17, 15) is 14.4 Å². The molecule has 8 heteroatoms. The van der Waals surface area contributed by atoms with E-state index in [1.54, 1.807) is 0 Å². The molecule has 1 saturated heterocycles. The van der Waals surface area contributed by atoms with Crippen LogP contribution in [0.4, 0.5) is 4.79 Å². The highest BCUT2D eigenvalue weighted by Gasteiger charge is 2.13. The van der Waals surface area contributed by atoms with Crippen LogP contribution in [0.25, 0.3) is 0 Å². The van der Waals surface area contributed by atoms with Crippen LogP contribution in [0.3, 0.4) is 0 Å². The molecule has 1 aliphatic heterocycles. The number of carboxylic acid groups (broad SMARTS) is 3. The van der Waals surface area contributed by atoms with Gasteiger partial charge in [0.05, 0.1) is 0 Å². The summed E-state index contributed by atoms with van der Waals surface area (Å²) in [6, 6.07) is 0. The fourth-order valence-electron chi connectivity index (χ4n) is 0.999. The lowest BCUT2D eigenvalue weighted by Gasteiger charge is -2.23. The van der Waals surface area contributed by atoms with Crippen molar-refractivity contribution in [3.63, 3.8) is 0 Å². The minimum Gasteiger partial charge on any atom is -0.478 e. The molecule has 1 heterocycles. The van der Waals surface area contributed by atoms with E-state index in [2.05, 4.69) is 5.32 Å². The molecule has 1 aliphatic rings. The summed E-state index contributed by atoms with van der Waals surface area (Å²) in [6.45, 7) is 2.81. The first kappa shape index (κ1) is 14.9. The Labute approximate surface area is 97.1 Å². The fraction of sp³-hybridized carbons (Fsp3) is 0.444. The average molecular weight is 246 g/mol. The number of nitrogens with one attached hydrogen (secondary N) is 1. The van der Waals surface area contributed by atoms with Crippen molar-refractivity contribution in [2.45, 2.75) is 0 Å². The summed E-state index contributed by atoms with van der Waals surface area (Å²) in [6.07, 6.45) is 0.307. The van der Waals surface area contributed by atoms with Crippen molar-refractivity contribution >= 4 is 18.0 Å². The zero-order chi connectivity index (χ0) is 13.3. The smallest absolute Gasteiger partial charge is 0.407 e. The Balaban J connectivity index is 0.000000304. The average Bonchev–Trinajstić information content (AvgIpc) is 2.28. The highest BCUT2D eigenvalue weighted by molar-refractivity contribution is 5.89. The summed E-state index contributed by atoms with van der Waals surface area (Å²) in [5.74, 6) is -2.51. The van der Waals surface area contributed by atoms with Gasteiger partial charge in [-0.3, -0.25) is 0 Å². The topological polar surface area (TPSA) is 127 Å². The number of carboxylic acids is 2. The number of rotatable bonds is 2. The predicted octanol–water partition coefficient (Wildman–Crippen LogP) is -0.719. The van der Waals surface area contributed by atoms with Gasteiger partial charge in [-0.1, -0.05) is 0 Å². The van der Waals surface area contributed by atoms with Gasteiger partial charge in [0.15, 0.2) is 0 Å². The molecule has 0 spiro atoms. The molecule has 4 N–H and O–H groups in total. The molecule has 1 fully saturated rings. The van der Waals surface area contributed by atoms with Gasteiger partial charge >= 0.3 is 18.0 Å². The van der Waals surface area contributed by atoms with E-state index in [4.69, 9.17) is 15.3 Å². The Morgan fingerprint density at radius 1 is 0.941 bits per heavy atom. The predicted molar refractivity (Wildman–Crippen MR) is 56.9 cm³/mol. The lowest BCUT2D eigenvalue weighted by Crippen LogP contribution is -2.45. The summed E-state index contributed by atoms with van der Waals surface area (Å²) < 4.78 is 0. The van der Waals surface area contributed by atoms with Gasteiger partial charge in [0.2, 0.25) is 0 Å². The first-order valence-corrected chi connectivity index (χ1v) is 4.76. The van der Waals surface area contributed by atoms with E-state index >= 15 is 0 Å². The number of piperazine rings is 1. The van der Waals surface area contributed by atoms with Crippen LogP contribution in [-0.4, -0.2) is 64.4 Å². The lowest BCUT2D eigenvalue weighted by molar-refractivity contribution is -0.134. The van der Waals surface area contributed by atoms with Crippen LogP contribution in [0.2, 0.25) is 0 Å². The van der Waals surface area contributed by atoms with Crippen LogP contribution >= 0.6 is 0 Å². The minimum atomic E-state index is -1.26. The summed E-state index contributed by atoms with van der Waals surface area (Å²) >= 11 is 0. The van der Waals surface area contributed by atoms with E-state index in [0.29, 0.717) is 25.2 Å². The number of aliphatic carboxylic acids is 2. The molecule has 0 aromatic carbocycles. The third-order valence-electron chi connectivity index (χ3n) is 1.76. The van der Waals surface area contributed by atoms with Crippen molar-refractivity contribution in [3.8, 4) is 0 Å². The van der Waals surface area contributed by atoms with Gasteiger partial charge in [0, 0.05) is 38.3 Å². The van der Waals surface area contributed by atoms with Gasteiger partial charge in [-0.15, -0.1) is 0 Å². The van der Waals surface area contributed by atoms with Crippen LogP contribution in [0.5, 0.6) is 0 Å². The van der Waals surface area contributed by atoms with Crippen LogP contribution in [0.15, 0.2) is 12.2 Å². The maximum Gasteiger partial charge on any atom is 0.407 e. The highest BCUT2D eigenvalue weighted by atomic mass is 16.4. The second-order valence-electron chi connectivity index (χ2n) is 3.03. The van der Waals surface area contributed by atoms with E-state index in [1.807, 2.05) is 0 Å². The Bertz CT molecular complexity index is 293. The van der Waals surface area contributed by atoms with Crippen molar-refractivity contribution in [1.29, 1.82) is 0 Å². The van der Waals surface area contributed by atoms with E-state index in [1.165, 1.54) is 4.90 Å². The Morgan fingerprint density at radius 2 is 1.35 bits per heavy atom. The first-order valence-electron chi connectivity index (χ1n) is 4.76. The van der Waals surface area contributed by atoms with Gasteiger partial charge in [-0.2, -0.15) is 0 Å². The van der Waals surface area contributed by atoms with E-state index in [0.717, 1.165) is 13.1 Å². The van der Waals surface area contributed by atoms with Crippen molar-refractivity contribution < 1.29 is 29.7 Å². The summed E-state index contributed by atoms with van der Waals surface area (Å²) in [5, 5.41) is 27.1. The monoisotopic (exact) mass is 246 g/mol. The molecule has 1 amide bonds. The van der Waals surface area contributed by atoms with Crippen LogP contribution < -0.4 is 5.32 Å². The Morgan fingerprint density at radius 3 is 1.59 bits per heavy atom. The lowest BCUT2D eigenvalue weighted by atomic mass is 10.4. The Kier molecular flexibility index (Phi) is 7.11. The second kappa shape index (κ2) is 8.11. The summed E-state index contributed by atoms with van der Waals surface area (Å²) in [5.41, 5.74) is 0. The molecular formula is C9H14N2O6. The van der Waals surface area contributed by atoms with Gasteiger partial charge < -0.3 is 25.5 Å². The van der Waals surface area contributed by atoms with Crippen LogP contribution in [0.1, 0.15) is 0 Å². The van der Waals surface area contributed by atoms with Crippen LogP contribution in [-0.2, 0) is 9.59 Å². The minimum absolute atomic E-state index is 0.558. The molecule has 0 atom stereocenters. The van der Waals surface area contributed by atoms with Gasteiger partial charge in [-0.05, 0) is 0 Å². The fourth-order valence-corrected chi connectivity index (χ4v) is 0.999. The number of nitrogens with zero attached hydrogens (tertiary/aromatic N) is 1. The molecule has 0 bridgehead atoms. The maximum absolute atomic E-state index is 10.3. The van der Waals surface area contributed by atoms with Crippen molar-refractivity contribution in [3.05, 3.63) is 12.2 Å². The SMILES string of the molecule is O=C(O)/C=C\C(=O)O.O=C(O)N1CCNCC1. The molecule has 0 aromatic rings. The Hall–Kier alpha value is -2.09. The molecule has 0 radical (unpaired) electrons. The quantitative estimate of drug-likeness (QED) is 0.473. The van der Waals surface area contributed by atoms with Gasteiger partial charge in [-0.25, -0.2) is 14.4 Å². The number of hydrogen-bond donors (Lipinski definition) is 4. The molecular weight excluding hydrogens is 232 g/mol. The normalized spacial score (nSPS) is 14.9. The molecule has 0 unspecified atom stereocenters. The molecule has 96 valence electrons. The van der Waals surface area contributed by atoms with E-state index < -0.39 is 18.0 Å². The highest BCUT2D eigenvalue weighted by Crippen LogP contribution is 1.90. The van der Waals surface area contributed by atoms with Crippen LogP contribution in [0, 0.1) is 0 Å². The number of amides is 1. The van der Waals surface area contributed by atoms with Gasteiger partial charge in [0.1, 0.15) is 0 Å². The molecule has 0 saturated carbocycles. The maximum atomic E-state index is 10.3. The number of hydrogen-bond acceptors (Lipinski definition) is 4. The van der Waals surface area contributed by atoms with Gasteiger partial charge in [0.25, 0.3) is 0 Å². The van der Waals surface area contributed by atoms with Crippen molar-refractivity contribution in [2.24, 2.45) is 0 Å². The molecule has 17 heavy (non-hydrogen) atoms. The number of carbonyl (C=O) groups is 3. The molecule has 0 aliphatic carbocycles. The standard InChI is InChI=1S/C5H10N2O2.C4H4O4/c8-5(9)7-3-1-6-2-4-7;5-3(6)1-2-4(7)8/h6H,1-4H2,(H,8,9);1-2H,(H,5,6)(H,7,8)/b;2-1-. The first-order chi connectivity index (χ1) is 7.93. The third-order valence-corrected chi connectivity index (χ3v) is 1.76. The second-order valence-corrected chi connectivity index (χ2v) is 3.03. The van der Waals surface area contributed by atoms with E-state index in [-0.39, 0.29) is 0 Å². The largest absolute Gasteiger partial charge is 0.478 e. The molecule has 1 rings (SSSR count). The van der Waals surface area contributed by atoms with Crippen molar-refractivity contribution in [2.75, 3.05) is 26.2 Å².